The highest BCUT2D eigenvalue weighted by Crippen LogP contribution is 2.31. The third kappa shape index (κ3) is 2.97. The number of Topliss-reactive ketones (excluding diaryl/α,β-unsaturated/α-hetero) is 1. The Bertz CT molecular complexity index is 462. The Kier molecular flexibility index (Phi) is 3.61. The maximum atomic E-state index is 11.2. The van der Waals surface area contributed by atoms with Crippen molar-refractivity contribution < 1.29 is 14.3 Å². The van der Waals surface area contributed by atoms with E-state index in [4.69, 9.17) is 14.7 Å². The average molecular weight is 231 g/mol. The third-order valence-corrected chi connectivity index (χ3v) is 2.58. The van der Waals surface area contributed by atoms with Gasteiger partial charge in [0.05, 0.1) is 12.5 Å². The number of ketones is 1. The minimum atomic E-state index is -0.0256. The molecule has 0 radical (unpaired) electrons. The van der Waals surface area contributed by atoms with Crippen LogP contribution in [-0.4, -0.2) is 19.0 Å². The monoisotopic (exact) mass is 231 g/mol. The number of carbonyl (C=O) groups excluding carboxylic acids is 1. The highest BCUT2D eigenvalue weighted by atomic mass is 16.6. The molecular weight excluding hydrogens is 218 g/mol. The quantitative estimate of drug-likeness (QED) is 0.793. The van der Waals surface area contributed by atoms with E-state index in [0.717, 1.165) is 17.1 Å². The second-order valence-corrected chi connectivity index (χ2v) is 3.85. The summed E-state index contributed by atoms with van der Waals surface area (Å²) in [6.07, 6.45) is 1.02. The van der Waals surface area contributed by atoms with Crippen molar-refractivity contribution in [3.05, 3.63) is 23.8 Å². The zero-order valence-corrected chi connectivity index (χ0v) is 9.44. The van der Waals surface area contributed by atoms with Crippen LogP contribution in [0.5, 0.6) is 11.5 Å². The van der Waals surface area contributed by atoms with Crippen LogP contribution in [-0.2, 0) is 11.2 Å². The Morgan fingerprint density at radius 3 is 2.82 bits per heavy atom. The smallest absolute Gasteiger partial charge is 0.161 e. The standard InChI is InChI=1S/C13H13NO3/c14-6-5-11(15)3-1-10-2-4-12-13(9-10)17-8-7-16-12/h2,4,9H,1,3,5,7-8H2. The van der Waals surface area contributed by atoms with Gasteiger partial charge < -0.3 is 9.47 Å². The van der Waals surface area contributed by atoms with Gasteiger partial charge in [0.1, 0.15) is 19.0 Å². The molecule has 0 N–H and O–H groups in total. The number of carbonyl (C=O) groups is 1. The molecule has 1 aromatic carbocycles. The molecule has 88 valence electrons. The molecule has 1 heterocycles. The Labute approximate surface area is 99.8 Å². The highest BCUT2D eigenvalue weighted by molar-refractivity contribution is 5.80. The van der Waals surface area contributed by atoms with Gasteiger partial charge in [0.2, 0.25) is 0 Å². The Morgan fingerprint density at radius 1 is 1.29 bits per heavy atom. The SMILES string of the molecule is N#CCC(=O)CCc1ccc2c(c1)OCCO2. The lowest BCUT2D eigenvalue weighted by atomic mass is 10.1. The van der Waals surface area contributed by atoms with Crippen LogP contribution in [0.25, 0.3) is 0 Å². The maximum absolute atomic E-state index is 11.2. The minimum Gasteiger partial charge on any atom is -0.486 e. The van der Waals surface area contributed by atoms with Crippen molar-refractivity contribution in [2.24, 2.45) is 0 Å². The molecule has 4 heteroatoms. The predicted octanol–water partition coefficient (Wildman–Crippen LogP) is 1.87. The van der Waals surface area contributed by atoms with Gasteiger partial charge in [-0.05, 0) is 24.1 Å². The third-order valence-electron chi connectivity index (χ3n) is 2.58. The van der Waals surface area contributed by atoms with Crippen molar-refractivity contribution in [1.82, 2.24) is 0 Å². The van der Waals surface area contributed by atoms with E-state index in [-0.39, 0.29) is 12.2 Å². The molecule has 0 saturated carbocycles. The summed E-state index contributed by atoms with van der Waals surface area (Å²) in [7, 11) is 0. The second-order valence-electron chi connectivity index (χ2n) is 3.85. The van der Waals surface area contributed by atoms with Crippen molar-refractivity contribution in [2.45, 2.75) is 19.3 Å². The predicted molar refractivity (Wildman–Crippen MR) is 61.0 cm³/mol. The fourth-order valence-electron chi connectivity index (χ4n) is 1.70. The topological polar surface area (TPSA) is 59.3 Å². The number of nitriles is 1. The molecule has 0 atom stereocenters. The van der Waals surface area contributed by atoms with Gasteiger partial charge in [-0.3, -0.25) is 4.79 Å². The summed E-state index contributed by atoms with van der Waals surface area (Å²) in [4.78, 5) is 11.2. The van der Waals surface area contributed by atoms with E-state index >= 15 is 0 Å². The van der Waals surface area contributed by atoms with E-state index in [0.29, 0.717) is 26.1 Å². The fourth-order valence-corrected chi connectivity index (χ4v) is 1.70. The number of rotatable bonds is 4. The molecule has 1 aliphatic heterocycles. The molecule has 0 bridgehead atoms. The van der Waals surface area contributed by atoms with Crippen molar-refractivity contribution in [1.29, 1.82) is 5.26 Å². The van der Waals surface area contributed by atoms with E-state index < -0.39 is 0 Å². The molecular formula is C13H13NO3. The summed E-state index contributed by atoms with van der Waals surface area (Å²) in [6, 6.07) is 7.54. The van der Waals surface area contributed by atoms with E-state index in [1.165, 1.54) is 0 Å². The number of ether oxygens (including phenoxy) is 2. The van der Waals surface area contributed by atoms with Gasteiger partial charge in [-0.2, -0.15) is 5.26 Å². The fraction of sp³-hybridized carbons (Fsp3) is 0.385. The van der Waals surface area contributed by atoms with E-state index in [9.17, 15) is 4.79 Å². The Balaban J connectivity index is 1.98. The van der Waals surface area contributed by atoms with Crippen LogP contribution in [0.15, 0.2) is 18.2 Å². The zero-order valence-electron chi connectivity index (χ0n) is 9.44. The number of fused-ring (bicyclic) bond motifs is 1. The number of hydrogen-bond donors (Lipinski definition) is 0. The van der Waals surface area contributed by atoms with Gasteiger partial charge in [0.25, 0.3) is 0 Å². The first-order chi connectivity index (χ1) is 8.29. The van der Waals surface area contributed by atoms with E-state index in [1.807, 2.05) is 24.3 Å². The van der Waals surface area contributed by atoms with Crippen molar-refractivity contribution >= 4 is 5.78 Å². The van der Waals surface area contributed by atoms with Crippen LogP contribution in [0.1, 0.15) is 18.4 Å². The lowest BCUT2D eigenvalue weighted by molar-refractivity contribution is -0.118. The largest absolute Gasteiger partial charge is 0.486 e. The number of nitrogens with zero attached hydrogens (tertiary/aromatic N) is 1. The molecule has 0 fully saturated rings. The van der Waals surface area contributed by atoms with Gasteiger partial charge >= 0.3 is 0 Å². The summed E-state index contributed by atoms with van der Waals surface area (Å²) in [6.45, 7) is 1.14. The first-order valence-corrected chi connectivity index (χ1v) is 5.57. The van der Waals surface area contributed by atoms with E-state index in [2.05, 4.69) is 0 Å². The highest BCUT2D eigenvalue weighted by Gasteiger charge is 2.12. The number of benzene rings is 1. The molecule has 0 aromatic heterocycles. The zero-order chi connectivity index (χ0) is 12.1. The van der Waals surface area contributed by atoms with Crippen molar-refractivity contribution in [3.8, 4) is 17.6 Å². The molecule has 1 aliphatic rings. The molecule has 0 unspecified atom stereocenters. The number of hydrogen-bond acceptors (Lipinski definition) is 4. The maximum Gasteiger partial charge on any atom is 0.161 e. The van der Waals surface area contributed by atoms with Crippen LogP contribution >= 0.6 is 0 Å². The van der Waals surface area contributed by atoms with Gasteiger partial charge in [0.15, 0.2) is 11.5 Å². The molecule has 4 nitrogen and oxygen atoms in total. The molecule has 0 aliphatic carbocycles. The van der Waals surface area contributed by atoms with Crippen LogP contribution in [0, 0.1) is 11.3 Å². The Hall–Kier alpha value is -2.02. The molecule has 2 rings (SSSR count). The molecule has 0 spiro atoms. The average Bonchev–Trinajstić information content (AvgIpc) is 2.36. The summed E-state index contributed by atoms with van der Waals surface area (Å²) >= 11 is 0. The van der Waals surface area contributed by atoms with Gasteiger partial charge in [-0.25, -0.2) is 0 Å². The summed E-state index contributed by atoms with van der Waals surface area (Å²) in [5, 5.41) is 8.38. The van der Waals surface area contributed by atoms with Crippen molar-refractivity contribution in [3.63, 3.8) is 0 Å². The van der Waals surface area contributed by atoms with Crippen LogP contribution in [0.2, 0.25) is 0 Å². The van der Waals surface area contributed by atoms with Crippen LogP contribution in [0.3, 0.4) is 0 Å². The Morgan fingerprint density at radius 2 is 2.06 bits per heavy atom. The summed E-state index contributed by atoms with van der Waals surface area (Å²) < 4.78 is 10.9. The summed E-state index contributed by atoms with van der Waals surface area (Å²) in [5.74, 6) is 1.47. The lowest BCUT2D eigenvalue weighted by Crippen LogP contribution is -2.15. The molecule has 17 heavy (non-hydrogen) atoms. The lowest BCUT2D eigenvalue weighted by Gasteiger charge is -2.18. The van der Waals surface area contributed by atoms with Crippen molar-refractivity contribution in [2.75, 3.05) is 13.2 Å². The molecule has 0 amide bonds. The minimum absolute atomic E-state index is 0.00937. The van der Waals surface area contributed by atoms with Gasteiger partial charge in [-0.1, -0.05) is 6.07 Å². The normalized spacial score (nSPS) is 12.9. The first kappa shape index (κ1) is 11.5. The summed E-state index contributed by atoms with van der Waals surface area (Å²) in [5.41, 5.74) is 1.03. The second kappa shape index (κ2) is 5.35. The van der Waals surface area contributed by atoms with Crippen LogP contribution in [0.4, 0.5) is 0 Å². The molecule has 0 saturated heterocycles. The van der Waals surface area contributed by atoms with Gasteiger partial charge in [0, 0.05) is 6.42 Å². The number of aryl methyl sites for hydroxylation is 1. The van der Waals surface area contributed by atoms with Crippen LogP contribution < -0.4 is 9.47 Å². The van der Waals surface area contributed by atoms with E-state index in [1.54, 1.807) is 0 Å². The molecule has 1 aromatic rings. The first-order valence-electron chi connectivity index (χ1n) is 5.57. The van der Waals surface area contributed by atoms with Gasteiger partial charge in [-0.15, -0.1) is 0 Å².